The first-order valence-electron chi connectivity index (χ1n) is 12.0. The van der Waals surface area contributed by atoms with Crippen LogP contribution in [0, 0.1) is 6.92 Å². The van der Waals surface area contributed by atoms with Gasteiger partial charge in [0.15, 0.2) is 0 Å². The molecule has 0 spiro atoms. The number of rotatable bonds is 10. The van der Waals surface area contributed by atoms with E-state index in [-0.39, 0.29) is 5.91 Å². The Morgan fingerprint density at radius 3 is 2.49 bits per heavy atom. The van der Waals surface area contributed by atoms with Crippen LogP contribution in [0.3, 0.4) is 0 Å². The maximum Gasteiger partial charge on any atom is 0.251 e. The summed E-state index contributed by atoms with van der Waals surface area (Å²) in [5, 5.41) is 8.41. The van der Waals surface area contributed by atoms with E-state index in [0.717, 1.165) is 41.0 Å². The number of carbonyl (C=O) groups is 1. The minimum absolute atomic E-state index is 0.000251. The van der Waals surface area contributed by atoms with E-state index in [1.54, 1.807) is 6.26 Å². The second kappa shape index (κ2) is 10.5. The van der Waals surface area contributed by atoms with Crippen molar-refractivity contribution in [3.05, 3.63) is 112 Å². The lowest BCUT2D eigenvalue weighted by atomic mass is 10.1. The minimum Gasteiger partial charge on any atom is -0.468 e. The molecule has 1 saturated carbocycles. The number of aromatic nitrogens is 2. The monoisotopic (exact) mass is 488 g/mol. The number of furan rings is 1. The Bertz CT molecular complexity index is 1260. The van der Waals surface area contributed by atoms with E-state index in [1.807, 2.05) is 66.2 Å². The van der Waals surface area contributed by atoms with Gasteiger partial charge in [-0.05, 0) is 55.2 Å². The third kappa shape index (κ3) is 6.02. The lowest BCUT2D eigenvalue weighted by Crippen LogP contribution is -2.25. The van der Waals surface area contributed by atoms with E-state index in [4.69, 9.17) is 21.1 Å². The van der Waals surface area contributed by atoms with E-state index in [0.29, 0.717) is 42.9 Å². The largest absolute Gasteiger partial charge is 0.468 e. The number of carbonyl (C=O) groups excluding carboxylic acids is 1. The van der Waals surface area contributed by atoms with Crippen LogP contribution < -0.4 is 5.32 Å². The average molecular weight is 489 g/mol. The van der Waals surface area contributed by atoms with Gasteiger partial charge in [0.25, 0.3) is 5.91 Å². The molecule has 1 fully saturated rings. The number of aryl methyl sites for hydroxylation is 1. The van der Waals surface area contributed by atoms with Gasteiger partial charge >= 0.3 is 0 Å². The molecule has 1 amide bonds. The summed E-state index contributed by atoms with van der Waals surface area (Å²) in [5.74, 6) is 0.885. The molecule has 0 unspecified atom stereocenters. The zero-order valence-corrected chi connectivity index (χ0v) is 20.5. The van der Waals surface area contributed by atoms with Crippen molar-refractivity contribution in [2.24, 2.45) is 0 Å². The van der Waals surface area contributed by atoms with Gasteiger partial charge in [-0.3, -0.25) is 9.69 Å². The topological polar surface area (TPSA) is 63.3 Å². The molecule has 0 aliphatic heterocycles. The van der Waals surface area contributed by atoms with Crippen molar-refractivity contribution in [2.45, 2.75) is 52.0 Å². The van der Waals surface area contributed by atoms with Crippen LogP contribution in [0.25, 0.3) is 0 Å². The zero-order chi connectivity index (χ0) is 24.2. The van der Waals surface area contributed by atoms with Crippen LogP contribution in [-0.2, 0) is 26.2 Å². The minimum atomic E-state index is -0.000251. The van der Waals surface area contributed by atoms with E-state index < -0.39 is 0 Å². The summed E-state index contributed by atoms with van der Waals surface area (Å²) in [4.78, 5) is 14.6. The van der Waals surface area contributed by atoms with Crippen molar-refractivity contribution in [3.8, 4) is 0 Å². The number of hydrogen-bond acceptors (Lipinski definition) is 4. The summed E-state index contributed by atoms with van der Waals surface area (Å²) in [6, 6.07) is 22.2. The number of benzene rings is 2. The molecule has 2 heterocycles. The van der Waals surface area contributed by atoms with Gasteiger partial charge in [0.2, 0.25) is 0 Å². The fourth-order valence-electron chi connectivity index (χ4n) is 4.16. The predicted molar refractivity (Wildman–Crippen MR) is 136 cm³/mol. The second-order valence-corrected chi connectivity index (χ2v) is 9.53. The van der Waals surface area contributed by atoms with Gasteiger partial charge in [-0.15, -0.1) is 0 Å². The van der Waals surface area contributed by atoms with Gasteiger partial charge < -0.3 is 9.73 Å². The van der Waals surface area contributed by atoms with Crippen molar-refractivity contribution in [3.63, 3.8) is 0 Å². The fraction of sp³-hybridized carbons (Fsp3) is 0.286. The third-order valence-electron chi connectivity index (χ3n) is 6.23. The summed E-state index contributed by atoms with van der Waals surface area (Å²) in [6.45, 7) is 4.58. The average Bonchev–Trinajstić information content (AvgIpc) is 3.45. The Balaban J connectivity index is 1.32. The molecule has 180 valence electrons. The lowest BCUT2D eigenvalue weighted by Gasteiger charge is -2.21. The van der Waals surface area contributed by atoms with Gasteiger partial charge in [0.1, 0.15) is 10.9 Å². The van der Waals surface area contributed by atoms with E-state index >= 15 is 0 Å². The van der Waals surface area contributed by atoms with Crippen LogP contribution in [0.4, 0.5) is 0 Å². The molecule has 0 bridgehead atoms. The lowest BCUT2D eigenvalue weighted by molar-refractivity contribution is 0.0951. The molecule has 0 saturated heterocycles. The Labute approximate surface area is 210 Å². The van der Waals surface area contributed by atoms with Crippen LogP contribution in [0.15, 0.2) is 77.4 Å². The number of amides is 1. The summed E-state index contributed by atoms with van der Waals surface area (Å²) < 4.78 is 7.49. The van der Waals surface area contributed by atoms with Gasteiger partial charge in [-0.25, -0.2) is 4.68 Å². The molecule has 0 radical (unpaired) electrons. The molecule has 4 aromatic rings. The number of nitrogens with one attached hydrogen (secondary N) is 1. The Kier molecular flexibility index (Phi) is 7.02. The first-order valence-corrected chi connectivity index (χ1v) is 12.3. The number of hydrogen-bond donors (Lipinski definition) is 1. The highest BCUT2D eigenvalue weighted by Gasteiger charge is 2.24. The predicted octanol–water partition coefficient (Wildman–Crippen LogP) is 5.58. The van der Waals surface area contributed by atoms with Gasteiger partial charge in [0.05, 0.1) is 25.0 Å². The highest BCUT2D eigenvalue weighted by Crippen LogP contribution is 2.25. The fourth-order valence-corrected chi connectivity index (χ4v) is 4.46. The van der Waals surface area contributed by atoms with Crippen molar-refractivity contribution >= 4 is 17.5 Å². The smallest absolute Gasteiger partial charge is 0.251 e. The second-order valence-electron chi connectivity index (χ2n) is 9.17. The molecule has 2 aromatic carbocycles. The molecular formula is C28H29ClN4O2. The maximum atomic E-state index is 12.3. The van der Waals surface area contributed by atoms with Crippen molar-refractivity contribution in [1.82, 2.24) is 20.0 Å². The van der Waals surface area contributed by atoms with Crippen LogP contribution in [0.2, 0.25) is 5.15 Å². The number of halogens is 1. The molecule has 1 N–H and O–H groups in total. The molecule has 0 atom stereocenters. The summed E-state index contributed by atoms with van der Waals surface area (Å²) >= 11 is 6.82. The van der Waals surface area contributed by atoms with Gasteiger partial charge in [0, 0.05) is 30.3 Å². The van der Waals surface area contributed by atoms with Gasteiger partial charge in [-0.1, -0.05) is 54.1 Å². The van der Waals surface area contributed by atoms with Crippen LogP contribution >= 0.6 is 11.6 Å². The quantitative estimate of drug-likeness (QED) is 0.316. The molecule has 7 heteroatoms. The molecular weight excluding hydrogens is 460 g/mol. The first-order chi connectivity index (χ1) is 17.0. The third-order valence-corrected chi connectivity index (χ3v) is 6.66. The maximum absolute atomic E-state index is 12.3. The van der Waals surface area contributed by atoms with Gasteiger partial charge in [-0.2, -0.15) is 5.10 Å². The van der Waals surface area contributed by atoms with E-state index in [9.17, 15) is 4.79 Å². The van der Waals surface area contributed by atoms with E-state index in [1.165, 1.54) is 0 Å². The standard InChI is InChI=1S/C28H29ClN4O2/c1-20-26(27(29)33(31-20)17-21-6-3-2-4-7-21)19-32(18-25-8-5-15-35-25)16-22-9-11-23(12-10-22)28(34)30-24-13-14-24/h2-12,15,24H,13-14,16-19H2,1H3,(H,30,34). The van der Waals surface area contributed by atoms with Crippen molar-refractivity contribution in [1.29, 1.82) is 0 Å². The van der Waals surface area contributed by atoms with Crippen molar-refractivity contribution in [2.75, 3.05) is 0 Å². The Hall–Kier alpha value is -3.35. The highest BCUT2D eigenvalue weighted by molar-refractivity contribution is 6.30. The number of nitrogens with zero attached hydrogens (tertiary/aromatic N) is 3. The van der Waals surface area contributed by atoms with Crippen molar-refractivity contribution < 1.29 is 9.21 Å². The zero-order valence-electron chi connectivity index (χ0n) is 19.8. The molecule has 5 rings (SSSR count). The summed E-state index contributed by atoms with van der Waals surface area (Å²) in [6.07, 6.45) is 3.85. The van der Waals surface area contributed by atoms with E-state index in [2.05, 4.69) is 22.3 Å². The summed E-state index contributed by atoms with van der Waals surface area (Å²) in [7, 11) is 0. The molecule has 1 aliphatic rings. The van der Waals surface area contributed by atoms with Crippen LogP contribution in [-0.4, -0.2) is 26.6 Å². The van der Waals surface area contributed by atoms with Crippen LogP contribution in [0.1, 0.15) is 51.3 Å². The molecule has 35 heavy (non-hydrogen) atoms. The summed E-state index contributed by atoms with van der Waals surface area (Å²) in [5.41, 5.74) is 4.89. The normalized spacial score (nSPS) is 13.3. The first kappa shape index (κ1) is 23.4. The molecule has 6 nitrogen and oxygen atoms in total. The SMILES string of the molecule is Cc1nn(Cc2ccccc2)c(Cl)c1CN(Cc1ccc(C(=O)NC2CC2)cc1)Cc1ccco1. The Morgan fingerprint density at radius 2 is 1.80 bits per heavy atom. The molecule has 2 aromatic heterocycles. The van der Waals surface area contributed by atoms with Crippen LogP contribution in [0.5, 0.6) is 0 Å². The Morgan fingerprint density at radius 1 is 1.03 bits per heavy atom. The highest BCUT2D eigenvalue weighted by atomic mass is 35.5. The molecule has 1 aliphatic carbocycles.